The van der Waals surface area contributed by atoms with E-state index in [-0.39, 0.29) is 23.7 Å². The lowest BCUT2D eigenvalue weighted by atomic mass is 10.2. The van der Waals surface area contributed by atoms with Gasteiger partial charge in [0.2, 0.25) is 5.95 Å². The summed E-state index contributed by atoms with van der Waals surface area (Å²) in [6.07, 6.45) is -0.00827. The van der Waals surface area contributed by atoms with Crippen LogP contribution in [0.5, 0.6) is 5.75 Å². The molecule has 0 fully saturated rings. The molecule has 0 spiro atoms. The second kappa shape index (κ2) is 7.86. The zero-order valence-electron chi connectivity index (χ0n) is 15.6. The number of carbonyl (C=O) groups excluding carboxylic acids is 1. The Labute approximate surface area is 157 Å². The molecule has 1 aromatic carbocycles. The van der Waals surface area contributed by atoms with Crippen LogP contribution in [0.25, 0.3) is 0 Å². The van der Waals surface area contributed by atoms with E-state index in [1.165, 1.54) is 0 Å². The minimum atomic E-state index is -0.361. The summed E-state index contributed by atoms with van der Waals surface area (Å²) in [6, 6.07) is 10.6. The van der Waals surface area contributed by atoms with Crippen LogP contribution >= 0.6 is 0 Å². The number of para-hydroxylation sites is 2. The molecular weight excluding hydrogens is 346 g/mol. The topological polar surface area (TPSA) is 102 Å². The maximum Gasteiger partial charge on any atom is 0.274 e. The molecule has 0 radical (unpaired) electrons. The van der Waals surface area contributed by atoms with Crippen molar-refractivity contribution in [3.05, 3.63) is 53.5 Å². The summed E-state index contributed by atoms with van der Waals surface area (Å²) in [5, 5.41) is 9.61. The predicted octanol–water partition coefficient (Wildman–Crippen LogP) is 3.86. The Bertz CT molecular complexity index is 952. The van der Waals surface area contributed by atoms with Crippen molar-refractivity contribution in [2.45, 2.75) is 33.8 Å². The molecule has 0 aliphatic rings. The molecule has 27 heavy (non-hydrogen) atoms. The highest BCUT2D eigenvalue weighted by Gasteiger charge is 2.14. The first kappa shape index (κ1) is 18.4. The Morgan fingerprint density at radius 3 is 2.63 bits per heavy atom. The number of aromatic nitrogens is 3. The van der Waals surface area contributed by atoms with Gasteiger partial charge in [-0.15, -0.1) is 0 Å². The molecule has 0 saturated carbocycles. The van der Waals surface area contributed by atoms with Crippen molar-refractivity contribution >= 4 is 23.4 Å². The second-order valence-electron chi connectivity index (χ2n) is 6.28. The number of nitrogens with zero attached hydrogens (tertiary/aromatic N) is 3. The monoisotopic (exact) mass is 367 g/mol. The Hall–Kier alpha value is -3.42. The zero-order chi connectivity index (χ0) is 19.4. The van der Waals surface area contributed by atoms with Crippen LogP contribution in [-0.4, -0.2) is 27.1 Å². The molecule has 8 heteroatoms. The lowest BCUT2D eigenvalue weighted by Gasteiger charge is -2.14. The molecule has 2 aromatic heterocycles. The summed E-state index contributed by atoms with van der Waals surface area (Å²) >= 11 is 0. The maximum atomic E-state index is 12.7. The van der Waals surface area contributed by atoms with Gasteiger partial charge < -0.3 is 19.9 Å². The quantitative estimate of drug-likeness (QED) is 0.682. The average Bonchev–Trinajstić information content (AvgIpc) is 3.00. The summed E-state index contributed by atoms with van der Waals surface area (Å²) in [4.78, 5) is 21.2. The number of aryl methyl sites for hydroxylation is 2. The van der Waals surface area contributed by atoms with E-state index in [2.05, 4.69) is 25.8 Å². The van der Waals surface area contributed by atoms with Crippen molar-refractivity contribution in [3.63, 3.8) is 0 Å². The van der Waals surface area contributed by atoms with Crippen molar-refractivity contribution in [2.24, 2.45) is 0 Å². The molecule has 3 aromatic rings. The number of carbonyl (C=O) groups is 1. The van der Waals surface area contributed by atoms with Crippen LogP contribution in [0, 0.1) is 13.8 Å². The molecule has 2 heterocycles. The number of rotatable bonds is 6. The summed E-state index contributed by atoms with van der Waals surface area (Å²) in [5.41, 5.74) is 1.45. The van der Waals surface area contributed by atoms with Gasteiger partial charge >= 0.3 is 0 Å². The molecule has 1 amide bonds. The molecule has 0 aliphatic carbocycles. The summed E-state index contributed by atoms with van der Waals surface area (Å²) < 4.78 is 10.7. The first-order valence-corrected chi connectivity index (χ1v) is 8.54. The number of amides is 1. The Morgan fingerprint density at radius 1 is 1.15 bits per heavy atom. The third-order valence-electron chi connectivity index (χ3n) is 3.45. The maximum absolute atomic E-state index is 12.7. The van der Waals surface area contributed by atoms with Crippen LogP contribution in [0.4, 0.5) is 17.5 Å². The SMILES string of the molecule is Cc1cc(C(=O)Nc2ccccc2OC(C)C)nc(Nc2cc(C)on2)n1. The van der Waals surface area contributed by atoms with E-state index in [0.29, 0.717) is 28.7 Å². The fourth-order valence-corrected chi connectivity index (χ4v) is 2.39. The first-order valence-electron chi connectivity index (χ1n) is 8.54. The molecular formula is C19H21N5O3. The van der Waals surface area contributed by atoms with Gasteiger partial charge in [0.15, 0.2) is 5.82 Å². The van der Waals surface area contributed by atoms with Crippen LogP contribution in [0.15, 0.2) is 40.9 Å². The summed E-state index contributed by atoms with van der Waals surface area (Å²) in [5.74, 6) is 1.63. The Balaban J connectivity index is 1.81. The molecule has 0 unspecified atom stereocenters. The van der Waals surface area contributed by atoms with Gasteiger partial charge in [-0.1, -0.05) is 17.3 Å². The average molecular weight is 367 g/mol. The van der Waals surface area contributed by atoms with Crippen LogP contribution < -0.4 is 15.4 Å². The third kappa shape index (κ3) is 4.81. The third-order valence-corrected chi connectivity index (χ3v) is 3.45. The summed E-state index contributed by atoms with van der Waals surface area (Å²) in [7, 11) is 0. The van der Waals surface area contributed by atoms with E-state index < -0.39 is 0 Å². The Kier molecular flexibility index (Phi) is 5.35. The van der Waals surface area contributed by atoms with Gasteiger partial charge in [-0.05, 0) is 45.9 Å². The highest BCUT2D eigenvalue weighted by Crippen LogP contribution is 2.25. The van der Waals surface area contributed by atoms with E-state index >= 15 is 0 Å². The van der Waals surface area contributed by atoms with Gasteiger partial charge in [-0.2, -0.15) is 0 Å². The molecule has 3 rings (SSSR count). The van der Waals surface area contributed by atoms with Crippen LogP contribution in [0.3, 0.4) is 0 Å². The minimum Gasteiger partial charge on any atom is -0.489 e. The summed E-state index contributed by atoms with van der Waals surface area (Å²) in [6.45, 7) is 7.42. The Morgan fingerprint density at radius 2 is 1.93 bits per heavy atom. The van der Waals surface area contributed by atoms with Crippen LogP contribution in [0.1, 0.15) is 35.8 Å². The predicted molar refractivity (Wildman–Crippen MR) is 101 cm³/mol. The normalized spacial score (nSPS) is 10.7. The number of nitrogens with one attached hydrogen (secondary N) is 2. The molecule has 0 saturated heterocycles. The van der Waals surface area contributed by atoms with E-state index in [0.717, 1.165) is 0 Å². The lowest BCUT2D eigenvalue weighted by molar-refractivity contribution is 0.102. The van der Waals surface area contributed by atoms with E-state index in [4.69, 9.17) is 9.26 Å². The number of hydrogen-bond donors (Lipinski definition) is 2. The highest BCUT2D eigenvalue weighted by atomic mass is 16.5. The standard InChI is InChI=1S/C19H21N5O3/c1-11(2)26-16-8-6-5-7-14(16)21-18(25)15-9-12(3)20-19(22-15)23-17-10-13(4)27-24-17/h5-11H,1-4H3,(H,21,25)(H,20,22,23,24). The molecule has 0 atom stereocenters. The van der Waals surface area contributed by atoms with Gasteiger partial charge in [0, 0.05) is 11.8 Å². The second-order valence-corrected chi connectivity index (χ2v) is 6.28. The lowest BCUT2D eigenvalue weighted by Crippen LogP contribution is -2.17. The van der Waals surface area contributed by atoms with Gasteiger partial charge in [0.25, 0.3) is 5.91 Å². The fraction of sp³-hybridized carbons (Fsp3) is 0.263. The van der Waals surface area contributed by atoms with E-state index in [9.17, 15) is 4.79 Å². The molecule has 2 N–H and O–H groups in total. The number of hydrogen-bond acceptors (Lipinski definition) is 7. The van der Waals surface area contributed by atoms with Crippen molar-refractivity contribution in [3.8, 4) is 5.75 Å². The van der Waals surface area contributed by atoms with Crippen LogP contribution in [0.2, 0.25) is 0 Å². The zero-order valence-corrected chi connectivity index (χ0v) is 15.6. The van der Waals surface area contributed by atoms with Gasteiger partial charge in [0.05, 0.1) is 11.8 Å². The number of anilines is 3. The molecule has 8 nitrogen and oxygen atoms in total. The van der Waals surface area contributed by atoms with E-state index in [1.807, 2.05) is 26.0 Å². The largest absolute Gasteiger partial charge is 0.489 e. The minimum absolute atomic E-state index is 0.00827. The van der Waals surface area contributed by atoms with Gasteiger partial charge in [-0.25, -0.2) is 9.97 Å². The van der Waals surface area contributed by atoms with Gasteiger partial charge in [-0.3, -0.25) is 4.79 Å². The van der Waals surface area contributed by atoms with E-state index in [1.54, 1.807) is 38.1 Å². The first-order chi connectivity index (χ1) is 12.9. The smallest absolute Gasteiger partial charge is 0.274 e. The molecule has 0 bridgehead atoms. The van der Waals surface area contributed by atoms with Crippen LogP contribution in [-0.2, 0) is 0 Å². The fourth-order valence-electron chi connectivity index (χ4n) is 2.39. The highest BCUT2D eigenvalue weighted by molar-refractivity contribution is 6.03. The van der Waals surface area contributed by atoms with Crippen molar-refractivity contribution in [1.29, 1.82) is 0 Å². The number of benzene rings is 1. The van der Waals surface area contributed by atoms with Gasteiger partial charge in [0.1, 0.15) is 17.2 Å². The number of ether oxygens (including phenoxy) is 1. The van der Waals surface area contributed by atoms with Crippen molar-refractivity contribution < 1.29 is 14.1 Å². The molecule has 0 aliphatic heterocycles. The van der Waals surface area contributed by atoms with Crippen molar-refractivity contribution in [1.82, 2.24) is 15.1 Å². The van der Waals surface area contributed by atoms with Crippen molar-refractivity contribution in [2.75, 3.05) is 10.6 Å². The molecule has 140 valence electrons.